The molecule has 0 spiro atoms. The molecule has 0 aromatic heterocycles. The SMILES string of the molecule is Cc1cc(C(=O)O)ccc1NC(=O)NCCC(F)(F)F. The van der Waals surface area contributed by atoms with Crippen molar-refractivity contribution in [3.63, 3.8) is 0 Å². The molecule has 0 saturated carbocycles. The molecule has 20 heavy (non-hydrogen) atoms. The predicted molar refractivity (Wildman–Crippen MR) is 65.8 cm³/mol. The van der Waals surface area contributed by atoms with Crippen LogP contribution in [-0.4, -0.2) is 29.8 Å². The van der Waals surface area contributed by atoms with Crippen molar-refractivity contribution in [3.8, 4) is 0 Å². The molecule has 1 rings (SSSR count). The first-order chi connectivity index (χ1) is 9.19. The van der Waals surface area contributed by atoms with Gasteiger partial charge in [0, 0.05) is 12.2 Å². The van der Waals surface area contributed by atoms with Crippen LogP contribution < -0.4 is 10.6 Å². The Morgan fingerprint density at radius 1 is 1.30 bits per heavy atom. The van der Waals surface area contributed by atoms with E-state index in [0.29, 0.717) is 11.3 Å². The first-order valence-corrected chi connectivity index (χ1v) is 5.64. The smallest absolute Gasteiger partial charge is 0.390 e. The van der Waals surface area contributed by atoms with Gasteiger partial charge in [0.2, 0.25) is 0 Å². The van der Waals surface area contributed by atoms with Gasteiger partial charge < -0.3 is 15.7 Å². The van der Waals surface area contributed by atoms with Crippen molar-refractivity contribution in [1.82, 2.24) is 5.32 Å². The Labute approximate surface area is 112 Å². The fourth-order valence-corrected chi connectivity index (χ4v) is 1.42. The third-order valence-corrected chi connectivity index (χ3v) is 2.42. The van der Waals surface area contributed by atoms with E-state index < -0.39 is 31.1 Å². The topological polar surface area (TPSA) is 78.4 Å². The number of aromatic carboxylic acids is 1. The number of carboxylic acids is 1. The lowest BCUT2D eigenvalue weighted by Crippen LogP contribution is -2.32. The molecule has 3 N–H and O–H groups in total. The number of benzene rings is 1. The second-order valence-corrected chi connectivity index (χ2v) is 4.08. The van der Waals surface area contributed by atoms with Gasteiger partial charge in [0.15, 0.2) is 0 Å². The Kier molecular flexibility index (Phi) is 4.95. The van der Waals surface area contributed by atoms with E-state index in [1.165, 1.54) is 18.2 Å². The first kappa shape index (κ1) is 15.8. The molecule has 0 heterocycles. The van der Waals surface area contributed by atoms with Crippen LogP contribution in [-0.2, 0) is 0 Å². The normalized spacial score (nSPS) is 11.0. The van der Waals surface area contributed by atoms with Crippen LogP contribution in [0.1, 0.15) is 22.3 Å². The summed E-state index contributed by atoms with van der Waals surface area (Å²) in [5.41, 5.74) is 0.890. The zero-order valence-electron chi connectivity index (χ0n) is 10.5. The number of amides is 2. The van der Waals surface area contributed by atoms with Crippen LogP contribution in [0.3, 0.4) is 0 Å². The van der Waals surface area contributed by atoms with Crippen molar-refractivity contribution < 1.29 is 27.9 Å². The third-order valence-electron chi connectivity index (χ3n) is 2.42. The molecule has 8 heteroatoms. The van der Waals surface area contributed by atoms with E-state index in [1.54, 1.807) is 6.92 Å². The molecule has 2 amide bonds. The summed E-state index contributed by atoms with van der Waals surface area (Å²) >= 11 is 0. The minimum Gasteiger partial charge on any atom is -0.478 e. The number of nitrogens with one attached hydrogen (secondary N) is 2. The van der Waals surface area contributed by atoms with Crippen LogP contribution in [0.2, 0.25) is 0 Å². The lowest BCUT2D eigenvalue weighted by Gasteiger charge is -2.11. The van der Waals surface area contributed by atoms with Crippen molar-refractivity contribution >= 4 is 17.7 Å². The lowest BCUT2D eigenvalue weighted by atomic mass is 10.1. The summed E-state index contributed by atoms with van der Waals surface area (Å²) < 4.78 is 35.7. The molecule has 1 aromatic rings. The second-order valence-electron chi connectivity index (χ2n) is 4.08. The molecule has 0 aliphatic heterocycles. The Balaban J connectivity index is 2.56. The Morgan fingerprint density at radius 3 is 2.45 bits per heavy atom. The molecule has 0 fully saturated rings. The maximum absolute atomic E-state index is 11.9. The molecule has 0 saturated heterocycles. The van der Waals surface area contributed by atoms with Gasteiger partial charge in [-0.25, -0.2) is 9.59 Å². The van der Waals surface area contributed by atoms with Gasteiger partial charge in [0.1, 0.15) is 0 Å². The monoisotopic (exact) mass is 290 g/mol. The van der Waals surface area contributed by atoms with Gasteiger partial charge in [-0.2, -0.15) is 13.2 Å². The van der Waals surface area contributed by atoms with Crippen molar-refractivity contribution in [1.29, 1.82) is 0 Å². The Hall–Kier alpha value is -2.25. The molecule has 0 radical (unpaired) electrons. The highest BCUT2D eigenvalue weighted by molar-refractivity contribution is 5.92. The zero-order chi connectivity index (χ0) is 15.3. The first-order valence-electron chi connectivity index (χ1n) is 5.64. The van der Waals surface area contributed by atoms with Gasteiger partial charge in [0.05, 0.1) is 12.0 Å². The van der Waals surface area contributed by atoms with Crippen LogP contribution in [0.25, 0.3) is 0 Å². The number of hydrogen-bond donors (Lipinski definition) is 3. The molecular weight excluding hydrogens is 277 g/mol. The molecular formula is C12H13F3N2O3. The van der Waals surface area contributed by atoms with Gasteiger partial charge in [-0.15, -0.1) is 0 Å². The average molecular weight is 290 g/mol. The van der Waals surface area contributed by atoms with Gasteiger partial charge in [-0.3, -0.25) is 0 Å². The predicted octanol–water partition coefficient (Wildman–Crippen LogP) is 2.77. The third kappa shape index (κ3) is 5.17. The molecule has 0 unspecified atom stereocenters. The highest BCUT2D eigenvalue weighted by Crippen LogP contribution is 2.18. The zero-order valence-corrected chi connectivity index (χ0v) is 10.5. The summed E-state index contributed by atoms with van der Waals surface area (Å²) in [6.45, 7) is 1.05. The number of aryl methyl sites for hydroxylation is 1. The largest absolute Gasteiger partial charge is 0.478 e. The Bertz CT molecular complexity index is 515. The summed E-state index contributed by atoms with van der Waals surface area (Å²) in [6, 6.07) is 3.25. The summed E-state index contributed by atoms with van der Waals surface area (Å²) in [7, 11) is 0. The summed E-state index contributed by atoms with van der Waals surface area (Å²) in [4.78, 5) is 22.1. The lowest BCUT2D eigenvalue weighted by molar-refractivity contribution is -0.132. The number of carbonyl (C=O) groups is 2. The van der Waals surface area contributed by atoms with E-state index in [9.17, 15) is 22.8 Å². The molecule has 0 aliphatic carbocycles. The van der Waals surface area contributed by atoms with E-state index in [2.05, 4.69) is 10.6 Å². The van der Waals surface area contributed by atoms with Crippen molar-refractivity contribution in [2.75, 3.05) is 11.9 Å². The standard InChI is InChI=1S/C12H13F3N2O3/c1-7-6-8(10(18)19)2-3-9(7)17-11(20)16-5-4-12(13,14)15/h2-3,6H,4-5H2,1H3,(H,18,19)(H2,16,17,20). The minimum absolute atomic E-state index is 0.0607. The van der Waals surface area contributed by atoms with E-state index in [1.807, 2.05) is 0 Å². The number of urea groups is 1. The van der Waals surface area contributed by atoms with Gasteiger partial charge >= 0.3 is 18.2 Å². The molecule has 1 aromatic carbocycles. The van der Waals surface area contributed by atoms with Crippen LogP contribution in [0, 0.1) is 6.92 Å². The van der Waals surface area contributed by atoms with E-state index in [-0.39, 0.29) is 5.56 Å². The van der Waals surface area contributed by atoms with Crippen LogP contribution in [0.5, 0.6) is 0 Å². The maximum atomic E-state index is 11.9. The number of halogens is 3. The summed E-state index contributed by atoms with van der Waals surface area (Å²) in [6.07, 6.45) is -5.44. The Morgan fingerprint density at radius 2 is 1.95 bits per heavy atom. The number of hydrogen-bond acceptors (Lipinski definition) is 2. The number of rotatable bonds is 4. The van der Waals surface area contributed by atoms with Crippen molar-refractivity contribution in [2.24, 2.45) is 0 Å². The van der Waals surface area contributed by atoms with Crippen LogP contribution in [0.4, 0.5) is 23.7 Å². The summed E-state index contributed by atoms with van der Waals surface area (Å²) in [5.74, 6) is -1.10. The second kappa shape index (κ2) is 6.27. The molecule has 110 valence electrons. The van der Waals surface area contributed by atoms with Crippen LogP contribution in [0.15, 0.2) is 18.2 Å². The molecule has 0 bridgehead atoms. The molecule has 0 atom stereocenters. The van der Waals surface area contributed by atoms with Crippen molar-refractivity contribution in [3.05, 3.63) is 29.3 Å². The highest BCUT2D eigenvalue weighted by Gasteiger charge is 2.26. The minimum atomic E-state index is -4.33. The highest BCUT2D eigenvalue weighted by atomic mass is 19.4. The van der Waals surface area contributed by atoms with Gasteiger partial charge in [-0.1, -0.05) is 0 Å². The fraction of sp³-hybridized carbons (Fsp3) is 0.333. The van der Waals surface area contributed by atoms with Crippen molar-refractivity contribution in [2.45, 2.75) is 19.5 Å². The number of carboxylic acid groups (broad SMARTS) is 1. The number of carbonyl (C=O) groups excluding carboxylic acids is 1. The van der Waals surface area contributed by atoms with E-state index >= 15 is 0 Å². The quantitative estimate of drug-likeness (QED) is 0.797. The van der Waals surface area contributed by atoms with Gasteiger partial charge in [-0.05, 0) is 30.7 Å². The van der Waals surface area contributed by atoms with Gasteiger partial charge in [0.25, 0.3) is 0 Å². The number of anilines is 1. The molecule has 5 nitrogen and oxygen atoms in total. The molecule has 0 aliphatic rings. The van der Waals surface area contributed by atoms with E-state index in [0.717, 1.165) is 0 Å². The van der Waals surface area contributed by atoms with Crippen LogP contribution >= 0.6 is 0 Å². The summed E-state index contributed by atoms with van der Waals surface area (Å²) in [5, 5.41) is 13.2. The average Bonchev–Trinajstić information content (AvgIpc) is 2.29. The maximum Gasteiger partial charge on any atom is 0.390 e. The fourth-order valence-electron chi connectivity index (χ4n) is 1.42. The van der Waals surface area contributed by atoms with E-state index in [4.69, 9.17) is 5.11 Å². The number of alkyl halides is 3.